The van der Waals surface area contributed by atoms with Crippen LogP contribution >= 0.6 is 11.3 Å². The molecule has 0 aliphatic carbocycles. The second-order valence-electron chi connectivity index (χ2n) is 7.77. The van der Waals surface area contributed by atoms with Crippen LogP contribution in [0.2, 0.25) is 0 Å². The number of hydrogen-bond acceptors (Lipinski definition) is 5. The summed E-state index contributed by atoms with van der Waals surface area (Å²) in [5.74, 6) is 0. The lowest BCUT2D eigenvalue weighted by molar-refractivity contribution is -0.00000637. The molecular formula is C22H27IN4OS. The number of nitrogens with zero attached hydrogens (tertiary/aromatic N) is 3. The number of anilines is 2. The normalized spacial score (nSPS) is 17.6. The summed E-state index contributed by atoms with van der Waals surface area (Å²) in [7, 11) is 0. The molecule has 0 atom stereocenters. The minimum Gasteiger partial charge on any atom is -1.00 e. The van der Waals surface area contributed by atoms with Gasteiger partial charge in [-0.15, -0.1) is 0 Å². The largest absolute Gasteiger partial charge is 1.00 e. The number of benzene rings is 2. The molecule has 2 saturated heterocycles. The number of halogens is 1. The van der Waals surface area contributed by atoms with Crippen molar-refractivity contribution in [2.24, 2.45) is 0 Å². The summed E-state index contributed by atoms with van der Waals surface area (Å²) >= 11 is 1.87. The molecule has 2 fully saturated rings. The van der Waals surface area contributed by atoms with Gasteiger partial charge in [-0.1, -0.05) is 0 Å². The molecule has 0 spiro atoms. The number of morpholine rings is 1. The maximum Gasteiger partial charge on any atom is 0.259 e. The van der Waals surface area contributed by atoms with Gasteiger partial charge >= 0.3 is 0 Å². The van der Waals surface area contributed by atoms with Crippen molar-refractivity contribution in [1.82, 2.24) is 10.3 Å². The Morgan fingerprint density at radius 3 is 1.90 bits per heavy atom. The van der Waals surface area contributed by atoms with Crippen LogP contribution in [0, 0.1) is 13.8 Å². The Morgan fingerprint density at radius 1 is 0.828 bits per heavy atom. The summed E-state index contributed by atoms with van der Waals surface area (Å²) in [5, 5.41) is 3.44. The van der Waals surface area contributed by atoms with Crippen molar-refractivity contribution in [2.45, 2.75) is 13.8 Å². The highest BCUT2D eigenvalue weighted by molar-refractivity contribution is 7.24. The predicted molar refractivity (Wildman–Crippen MR) is 119 cm³/mol. The Balaban J connectivity index is 0.00000205. The standard InChI is InChI=1S/C22H27N4OS.HI/c1-15-11-17(25-5-3-23-4-6-25)13-19-21(15)24-22-16(2)12-18(14-20(22)28-19)26-7-9-27-10-8-26;/h11-14,23H,3-10H2,1-2H3;1H/q+1;/p-1. The third kappa shape index (κ3) is 4.15. The molecule has 0 unspecified atom stereocenters. The first-order valence-corrected chi connectivity index (χ1v) is 11.0. The van der Waals surface area contributed by atoms with Crippen LogP contribution in [0.1, 0.15) is 11.1 Å². The van der Waals surface area contributed by atoms with Crippen LogP contribution in [0.3, 0.4) is 0 Å². The maximum absolute atomic E-state index is 5.52. The fourth-order valence-corrected chi connectivity index (χ4v) is 5.44. The summed E-state index contributed by atoms with van der Waals surface area (Å²) in [5.41, 5.74) is 7.40. The Labute approximate surface area is 193 Å². The second kappa shape index (κ2) is 8.83. The van der Waals surface area contributed by atoms with Crippen LogP contribution in [0.4, 0.5) is 11.4 Å². The molecule has 1 aromatic heterocycles. The molecular weight excluding hydrogens is 495 g/mol. The van der Waals surface area contributed by atoms with Crippen LogP contribution in [0.15, 0.2) is 24.3 Å². The van der Waals surface area contributed by atoms with Crippen molar-refractivity contribution in [3.63, 3.8) is 0 Å². The van der Waals surface area contributed by atoms with Gasteiger partial charge in [0.2, 0.25) is 11.3 Å². The first-order chi connectivity index (χ1) is 13.7. The molecule has 2 aliphatic rings. The van der Waals surface area contributed by atoms with Gasteiger partial charge in [-0.2, -0.15) is 0 Å². The molecule has 0 bridgehead atoms. The van der Waals surface area contributed by atoms with E-state index < -0.39 is 0 Å². The lowest BCUT2D eigenvalue weighted by Crippen LogP contribution is -3.00. The van der Waals surface area contributed by atoms with E-state index in [0.29, 0.717) is 0 Å². The van der Waals surface area contributed by atoms with Gasteiger partial charge in [-0.3, -0.25) is 0 Å². The highest BCUT2D eigenvalue weighted by Gasteiger charge is 2.22. The molecule has 7 heteroatoms. The topological polar surface area (TPSA) is 40.6 Å². The first-order valence-electron chi connectivity index (χ1n) is 10.2. The number of nitrogens with one attached hydrogen (secondary N) is 1. The van der Waals surface area contributed by atoms with Crippen LogP contribution < -0.4 is 39.1 Å². The molecule has 3 heterocycles. The number of aromatic nitrogens is 1. The van der Waals surface area contributed by atoms with Crippen LogP contribution in [-0.4, -0.2) is 57.5 Å². The van der Waals surface area contributed by atoms with E-state index in [0.717, 1.165) is 63.5 Å². The summed E-state index contributed by atoms with van der Waals surface area (Å²) in [6.45, 7) is 12.2. The molecule has 0 amide bonds. The predicted octanol–water partition coefficient (Wildman–Crippen LogP) is 0.598. The lowest BCUT2D eigenvalue weighted by atomic mass is 10.1. The SMILES string of the molecule is Cc1cc(N2CCNCC2)cc2[s+]c3cc(N4CCOCC4)cc(C)c3nc12.[I-]. The van der Waals surface area contributed by atoms with Gasteiger partial charge in [-0.05, 0) is 37.1 Å². The minimum absolute atomic E-state index is 0. The first kappa shape index (κ1) is 21.0. The van der Waals surface area contributed by atoms with E-state index in [1.807, 2.05) is 11.3 Å². The average Bonchev–Trinajstić information content (AvgIpc) is 2.74. The number of piperazine rings is 1. The quantitative estimate of drug-likeness (QED) is 0.304. The van der Waals surface area contributed by atoms with Gasteiger partial charge < -0.3 is 43.8 Å². The van der Waals surface area contributed by atoms with E-state index in [9.17, 15) is 0 Å². The molecule has 5 rings (SSSR count). The average molecular weight is 522 g/mol. The molecule has 3 aromatic rings. The zero-order chi connectivity index (χ0) is 19.1. The van der Waals surface area contributed by atoms with E-state index in [-0.39, 0.29) is 24.0 Å². The van der Waals surface area contributed by atoms with Gasteiger partial charge in [0.15, 0.2) is 0 Å². The molecule has 5 nitrogen and oxygen atoms in total. The van der Waals surface area contributed by atoms with Crippen molar-refractivity contribution >= 4 is 43.1 Å². The molecule has 0 saturated carbocycles. The third-order valence-corrected chi connectivity index (χ3v) is 6.86. The Morgan fingerprint density at radius 2 is 1.34 bits per heavy atom. The Kier molecular flexibility index (Phi) is 6.38. The molecule has 29 heavy (non-hydrogen) atoms. The molecule has 2 aromatic carbocycles. The highest BCUT2D eigenvalue weighted by atomic mass is 127. The maximum atomic E-state index is 5.52. The number of ether oxygens (including phenoxy) is 1. The second-order valence-corrected chi connectivity index (χ2v) is 8.85. The van der Waals surface area contributed by atoms with Crippen LogP contribution in [0.25, 0.3) is 20.4 Å². The zero-order valence-corrected chi connectivity index (χ0v) is 20.0. The number of fused-ring (bicyclic) bond motifs is 2. The van der Waals surface area contributed by atoms with Crippen molar-refractivity contribution in [2.75, 3.05) is 62.3 Å². The monoisotopic (exact) mass is 522 g/mol. The summed E-state index contributed by atoms with van der Waals surface area (Å²) in [6.07, 6.45) is 0. The Hall–Kier alpha value is -1.29. The third-order valence-electron chi connectivity index (χ3n) is 5.80. The minimum atomic E-state index is 0. The van der Waals surface area contributed by atoms with Gasteiger partial charge in [0.25, 0.3) is 9.40 Å². The van der Waals surface area contributed by atoms with Gasteiger partial charge in [0.1, 0.15) is 11.0 Å². The van der Waals surface area contributed by atoms with E-state index in [4.69, 9.17) is 9.72 Å². The highest BCUT2D eigenvalue weighted by Crippen LogP contribution is 2.35. The van der Waals surface area contributed by atoms with Crippen LogP contribution in [-0.2, 0) is 4.74 Å². The van der Waals surface area contributed by atoms with E-state index in [1.165, 1.54) is 31.9 Å². The van der Waals surface area contributed by atoms with Gasteiger partial charge in [0.05, 0.1) is 13.2 Å². The van der Waals surface area contributed by atoms with Crippen molar-refractivity contribution in [1.29, 1.82) is 0 Å². The number of hydrogen-bond donors (Lipinski definition) is 1. The number of aryl methyl sites for hydroxylation is 2. The fourth-order valence-electron chi connectivity index (χ4n) is 4.24. The molecule has 154 valence electrons. The summed E-state index contributed by atoms with van der Waals surface area (Å²) < 4.78 is 8.07. The van der Waals surface area contributed by atoms with E-state index >= 15 is 0 Å². The van der Waals surface area contributed by atoms with E-state index in [1.54, 1.807) is 0 Å². The fraction of sp³-hybridized carbons (Fsp3) is 0.455. The van der Waals surface area contributed by atoms with Crippen molar-refractivity contribution in [3.8, 4) is 0 Å². The van der Waals surface area contributed by atoms with E-state index in [2.05, 4.69) is 53.2 Å². The van der Waals surface area contributed by atoms with Crippen molar-refractivity contribution < 1.29 is 28.7 Å². The molecule has 0 radical (unpaired) electrons. The van der Waals surface area contributed by atoms with Crippen molar-refractivity contribution in [3.05, 3.63) is 35.4 Å². The zero-order valence-electron chi connectivity index (χ0n) is 17.0. The summed E-state index contributed by atoms with van der Waals surface area (Å²) in [6, 6.07) is 9.24. The van der Waals surface area contributed by atoms with Gasteiger partial charge in [-0.25, -0.2) is 4.98 Å². The lowest BCUT2D eigenvalue weighted by Gasteiger charge is -2.29. The Bertz CT molecular complexity index is 953. The smallest absolute Gasteiger partial charge is 0.259 e. The van der Waals surface area contributed by atoms with Gasteiger partial charge in [0, 0.05) is 62.8 Å². The molecule has 2 aliphatic heterocycles. The molecule has 1 N–H and O–H groups in total. The summed E-state index contributed by atoms with van der Waals surface area (Å²) in [4.78, 5) is 9.99. The number of rotatable bonds is 2. The van der Waals surface area contributed by atoms with Crippen LogP contribution in [0.5, 0.6) is 0 Å².